The van der Waals surface area contributed by atoms with Gasteiger partial charge in [-0.3, -0.25) is 14.6 Å². The lowest BCUT2D eigenvalue weighted by Crippen LogP contribution is -2.37. The van der Waals surface area contributed by atoms with Gasteiger partial charge >= 0.3 is 0 Å². The summed E-state index contributed by atoms with van der Waals surface area (Å²) in [4.78, 5) is 29.9. The van der Waals surface area contributed by atoms with E-state index in [-0.39, 0.29) is 23.1 Å². The molecule has 134 valence electrons. The van der Waals surface area contributed by atoms with Crippen LogP contribution in [0.15, 0.2) is 52.1 Å². The van der Waals surface area contributed by atoms with Crippen molar-refractivity contribution in [3.05, 3.63) is 85.7 Å². The standard InChI is InChI=1S/C20H21N3O2S/c1-13-10-14(2)23(3)20(25)18(13)19(24)22-17(11-15-7-9-26-12-15)16-6-4-5-8-21-16/h4-10,12,17H,11H2,1-3H3,(H,22,24). The summed E-state index contributed by atoms with van der Waals surface area (Å²) in [6, 6.07) is 9.20. The first kappa shape index (κ1) is 18.1. The van der Waals surface area contributed by atoms with Crippen LogP contribution < -0.4 is 10.9 Å². The lowest BCUT2D eigenvalue weighted by atomic mass is 10.0. The van der Waals surface area contributed by atoms with Gasteiger partial charge in [-0.25, -0.2) is 0 Å². The van der Waals surface area contributed by atoms with Crippen LogP contribution in [0.3, 0.4) is 0 Å². The van der Waals surface area contributed by atoms with E-state index in [9.17, 15) is 9.59 Å². The number of carbonyl (C=O) groups excluding carboxylic acids is 1. The molecule has 0 aromatic carbocycles. The van der Waals surface area contributed by atoms with Crippen LogP contribution in [0, 0.1) is 13.8 Å². The zero-order valence-corrected chi connectivity index (χ0v) is 15.8. The summed E-state index contributed by atoms with van der Waals surface area (Å²) in [5, 5.41) is 7.07. The highest BCUT2D eigenvalue weighted by Crippen LogP contribution is 2.19. The molecule has 0 fully saturated rings. The first-order chi connectivity index (χ1) is 12.5. The van der Waals surface area contributed by atoms with Gasteiger partial charge in [-0.05, 0) is 66.4 Å². The van der Waals surface area contributed by atoms with Gasteiger partial charge in [-0.1, -0.05) is 6.07 Å². The third-order valence-corrected chi connectivity index (χ3v) is 5.20. The molecule has 0 aliphatic heterocycles. The largest absolute Gasteiger partial charge is 0.343 e. The first-order valence-corrected chi connectivity index (χ1v) is 9.31. The summed E-state index contributed by atoms with van der Waals surface area (Å²) in [6.45, 7) is 3.64. The molecule has 1 unspecified atom stereocenters. The molecular weight excluding hydrogens is 346 g/mol. The third-order valence-electron chi connectivity index (χ3n) is 4.46. The molecule has 5 nitrogen and oxygen atoms in total. The Balaban J connectivity index is 1.93. The fraction of sp³-hybridized carbons (Fsp3) is 0.250. The summed E-state index contributed by atoms with van der Waals surface area (Å²) in [5.74, 6) is -0.367. The minimum Gasteiger partial charge on any atom is -0.343 e. The highest BCUT2D eigenvalue weighted by molar-refractivity contribution is 7.07. The van der Waals surface area contributed by atoms with E-state index in [4.69, 9.17) is 0 Å². The van der Waals surface area contributed by atoms with Crippen LogP contribution in [-0.4, -0.2) is 15.5 Å². The van der Waals surface area contributed by atoms with E-state index in [0.717, 1.165) is 17.0 Å². The molecule has 3 rings (SSSR count). The second-order valence-electron chi connectivity index (χ2n) is 6.32. The fourth-order valence-electron chi connectivity index (χ4n) is 2.94. The highest BCUT2D eigenvalue weighted by Gasteiger charge is 2.22. The number of amides is 1. The van der Waals surface area contributed by atoms with E-state index in [1.807, 2.05) is 42.6 Å². The summed E-state index contributed by atoms with van der Waals surface area (Å²) in [5.41, 5.74) is 3.30. The van der Waals surface area contributed by atoms with Crippen LogP contribution in [0.25, 0.3) is 0 Å². The number of aryl methyl sites for hydroxylation is 2. The number of carbonyl (C=O) groups is 1. The molecule has 6 heteroatoms. The average molecular weight is 367 g/mol. The molecule has 1 N–H and O–H groups in total. The maximum atomic E-state index is 12.9. The van der Waals surface area contributed by atoms with Crippen LogP contribution in [0.1, 0.15) is 38.9 Å². The number of aromatic nitrogens is 2. The van der Waals surface area contributed by atoms with Crippen molar-refractivity contribution in [1.82, 2.24) is 14.9 Å². The van der Waals surface area contributed by atoms with Gasteiger partial charge in [-0.15, -0.1) is 0 Å². The molecule has 3 aromatic heterocycles. The van der Waals surface area contributed by atoms with Crippen molar-refractivity contribution >= 4 is 17.2 Å². The number of nitrogens with one attached hydrogen (secondary N) is 1. The van der Waals surface area contributed by atoms with Crippen LogP contribution in [0.4, 0.5) is 0 Å². The van der Waals surface area contributed by atoms with E-state index in [0.29, 0.717) is 12.0 Å². The van der Waals surface area contributed by atoms with Gasteiger partial charge in [0.2, 0.25) is 0 Å². The Morgan fingerprint density at radius 1 is 1.31 bits per heavy atom. The predicted octanol–water partition coefficient (Wildman–Crippen LogP) is 3.17. The number of rotatable bonds is 5. The van der Waals surface area contributed by atoms with Gasteiger partial charge < -0.3 is 9.88 Å². The van der Waals surface area contributed by atoms with E-state index >= 15 is 0 Å². The average Bonchev–Trinajstić information content (AvgIpc) is 3.13. The number of hydrogen-bond acceptors (Lipinski definition) is 4. The van der Waals surface area contributed by atoms with E-state index < -0.39 is 0 Å². The number of nitrogens with zero attached hydrogens (tertiary/aromatic N) is 2. The third kappa shape index (κ3) is 3.75. The molecule has 3 heterocycles. The second kappa shape index (κ2) is 7.66. The van der Waals surface area contributed by atoms with Crippen molar-refractivity contribution in [3.63, 3.8) is 0 Å². The van der Waals surface area contributed by atoms with E-state index in [1.54, 1.807) is 31.5 Å². The lowest BCUT2D eigenvalue weighted by molar-refractivity contribution is 0.0933. The zero-order valence-electron chi connectivity index (χ0n) is 15.0. The van der Waals surface area contributed by atoms with Crippen molar-refractivity contribution in [2.24, 2.45) is 7.05 Å². The molecule has 0 aliphatic carbocycles. The van der Waals surface area contributed by atoms with Crippen molar-refractivity contribution in [2.45, 2.75) is 26.3 Å². The molecule has 0 radical (unpaired) electrons. The molecular formula is C20H21N3O2S. The maximum Gasteiger partial charge on any atom is 0.263 e. The Kier molecular flexibility index (Phi) is 5.32. The van der Waals surface area contributed by atoms with Crippen LogP contribution >= 0.6 is 11.3 Å². The normalized spacial score (nSPS) is 12.0. The maximum absolute atomic E-state index is 12.9. The van der Waals surface area contributed by atoms with E-state index in [2.05, 4.69) is 15.7 Å². The second-order valence-corrected chi connectivity index (χ2v) is 7.10. The van der Waals surface area contributed by atoms with Crippen LogP contribution in [-0.2, 0) is 13.5 Å². The van der Waals surface area contributed by atoms with Gasteiger partial charge in [0.1, 0.15) is 5.56 Å². The molecule has 0 bridgehead atoms. The van der Waals surface area contributed by atoms with Crippen molar-refractivity contribution in [3.8, 4) is 0 Å². The summed E-state index contributed by atoms with van der Waals surface area (Å²) < 4.78 is 1.50. The number of thiophene rings is 1. The van der Waals surface area contributed by atoms with Crippen molar-refractivity contribution < 1.29 is 4.79 Å². The van der Waals surface area contributed by atoms with Crippen LogP contribution in [0.2, 0.25) is 0 Å². The Bertz CT molecular complexity index is 963. The minimum atomic E-state index is -0.367. The Labute approximate surface area is 156 Å². The fourth-order valence-corrected chi connectivity index (χ4v) is 3.62. The number of hydrogen-bond donors (Lipinski definition) is 1. The zero-order chi connectivity index (χ0) is 18.7. The van der Waals surface area contributed by atoms with Crippen molar-refractivity contribution in [1.29, 1.82) is 0 Å². The number of pyridine rings is 2. The van der Waals surface area contributed by atoms with Crippen molar-refractivity contribution in [2.75, 3.05) is 0 Å². The molecule has 0 saturated heterocycles. The minimum absolute atomic E-state index is 0.185. The van der Waals surface area contributed by atoms with Gasteiger partial charge in [0.15, 0.2) is 0 Å². The Morgan fingerprint density at radius 2 is 2.12 bits per heavy atom. The molecule has 0 saturated carbocycles. The van der Waals surface area contributed by atoms with Gasteiger partial charge in [0.25, 0.3) is 11.5 Å². The molecule has 0 aliphatic rings. The lowest BCUT2D eigenvalue weighted by Gasteiger charge is -2.19. The summed E-state index contributed by atoms with van der Waals surface area (Å²) in [6.07, 6.45) is 2.33. The smallest absolute Gasteiger partial charge is 0.263 e. The van der Waals surface area contributed by atoms with Gasteiger partial charge in [0.05, 0.1) is 11.7 Å². The predicted molar refractivity (Wildman–Crippen MR) is 104 cm³/mol. The molecule has 3 aromatic rings. The SMILES string of the molecule is Cc1cc(C)n(C)c(=O)c1C(=O)NC(Cc1ccsc1)c1ccccn1. The van der Waals surface area contributed by atoms with E-state index in [1.165, 1.54) is 4.57 Å². The summed E-state index contributed by atoms with van der Waals surface area (Å²) >= 11 is 1.61. The Hall–Kier alpha value is -2.73. The van der Waals surface area contributed by atoms with Gasteiger partial charge in [-0.2, -0.15) is 11.3 Å². The van der Waals surface area contributed by atoms with Crippen LogP contribution in [0.5, 0.6) is 0 Å². The molecule has 0 spiro atoms. The molecule has 1 atom stereocenters. The molecule has 26 heavy (non-hydrogen) atoms. The molecule has 1 amide bonds. The first-order valence-electron chi connectivity index (χ1n) is 8.37. The highest BCUT2D eigenvalue weighted by atomic mass is 32.1. The summed E-state index contributed by atoms with van der Waals surface area (Å²) in [7, 11) is 1.68. The monoisotopic (exact) mass is 367 g/mol. The quantitative estimate of drug-likeness (QED) is 0.753. The Morgan fingerprint density at radius 3 is 2.77 bits per heavy atom. The van der Waals surface area contributed by atoms with Gasteiger partial charge in [0, 0.05) is 18.9 Å². The topological polar surface area (TPSA) is 64.0 Å².